The molecule has 100 valence electrons. The number of hydrogen-bond donors (Lipinski definition) is 0. The number of allylic oxidation sites excluding steroid dienone is 8. The number of rotatable bonds is 2. The first kappa shape index (κ1) is 18.3. The normalized spacial score (nSPS) is 21.8. The van der Waals surface area contributed by atoms with Crippen LogP contribution in [0.25, 0.3) is 0 Å². The molecule has 2 rings (SSSR count). The van der Waals surface area contributed by atoms with Crippen molar-refractivity contribution in [3.05, 3.63) is 41.5 Å². The van der Waals surface area contributed by atoms with Gasteiger partial charge in [-0.25, -0.2) is 0 Å². The SMILES string of the molecule is Cl.Cl.[CH2]=[Zr]([C]1=CC(C)=CC1C)[C]1=C(C)C=C(C)C1. The summed E-state index contributed by atoms with van der Waals surface area (Å²) in [5.74, 6) is 0.646. The number of halogens is 2. The van der Waals surface area contributed by atoms with Crippen LogP contribution >= 0.6 is 24.8 Å². The Balaban J connectivity index is 0.00000144. The number of hydrogen-bond acceptors (Lipinski definition) is 0. The van der Waals surface area contributed by atoms with E-state index in [0.29, 0.717) is 5.92 Å². The quantitative estimate of drug-likeness (QED) is 0.648. The van der Waals surface area contributed by atoms with Crippen LogP contribution in [0.4, 0.5) is 0 Å². The van der Waals surface area contributed by atoms with Gasteiger partial charge in [0.05, 0.1) is 0 Å². The first-order chi connectivity index (χ1) is 7.49. The van der Waals surface area contributed by atoms with Crippen molar-refractivity contribution >= 4 is 29.0 Å². The Morgan fingerprint density at radius 1 is 1.17 bits per heavy atom. The molecule has 18 heavy (non-hydrogen) atoms. The van der Waals surface area contributed by atoms with Gasteiger partial charge < -0.3 is 0 Å². The Morgan fingerprint density at radius 2 is 1.78 bits per heavy atom. The third-order valence-corrected chi connectivity index (χ3v) is 9.88. The van der Waals surface area contributed by atoms with Crippen LogP contribution in [0, 0.1) is 5.92 Å². The Labute approximate surface area is 131 Å². The van der Waals surface area contributed by atoms with Crippen LogP contribution in [-0.4, -0.2) is 4.21 Å². The molecule has 0 bridgehead atoms. The predicted octanol–water partition coefficient (Wildman–Crippen LogP) is 4.98. The summed E-state index contributed by atoms with van der Waals surface area (Å²) in [5, 5.41) is 0. The van der Waals surface area contributed by atoms with Crippen LogP contribution in [0.1, 0.15) is 34.1 Å². The molecule has 3 heteroatoms. The van der Waals surface area contributed by atoms with Crippen LogP contribution in [-0.2, 0) is 21.3 Å². The van der Waals surface area contributed by atoms with Crippen molar-refractivity contribution in [1.29, 1.82) is 0 Å². The molecule has 2 aliphatic rings. The fraction of sp³-hybridized carbons (Fsp3) is 0.400. The van der Waals surface area contributed by atoms with Crippen molar-refractivity contribution in [1.82, 2.24) is 0 Å². The van der Waals surface area contributed by atoms with Gasteiger partial charge in [-0.15, -0.1) is 24.8 Å². The molecular weight excluding hydrogens is 342 g/mol. The van der Waals surface area contributed by atoms with Gasteiger partial charge in [-0.3, -0.25) is 0 Å². The fourth-order valence-electron chi connectivity index (χ4n) is 2.72. The monoisotopic (exact) mass is 362 g/mol. The summed E-state index contributed by atoms with van der Waals surface area (Å²) in [5.41, 5.74) is 4.47. The molecule has 0 fully saturated rings. The van der Waals surface area contributed by atoms with E-state index in [1.807, 2.05) is 0 Å². The zero-order chi connectivity index (χ0) is 11.9. The van der Waals surface area contributed by atoms with E-state index in [2.05, 4.69) is 50.1 Å². The maximum absolute atomic E-state index is 4.58. The van der Waals surface area contributed by atoms with Gasteiger partial charge in [0.2, 0.25) is 0 Å². The van der Waals surface area contributed by atoms with E-state index in [1.54, 1.807) is 6.56 Å². The molecular formula is C15H22Cl2Zr. The Kier molecular flexibility index (Phi) is 7.29. The molecule has 0 saturated carbocycles. The van der Waals surface area contributed by atoms with Crippen molar-refractivity contribution in [2.45, 2.75) is 34.1 Å². The molecule has 1 unspecified atom stereocenters. The summed E-state index contributed by atoms with van der Waals surface area (Å²) in [6.45, 7) is 9.03. The van der Waals surface area contributed by atoms with E-state index < -0.39 is 21.3 Å². The van der Waals surface area contributed by atoms with Gasteiger partial charge in [0.1, 0.15) is 0 Å². The topological polar surface area (TPSA) is 0 Å². The summed E-state index contributed by atoms with van der Waals surface area (Å²) in [6, 6.07) is 0. The molecule has 0 saturated heterocycles. The first-order valence-corrected chi connectivity index (χ1v) is 10.1. The molecule has 0 heterocycles. The van der Waals surface area contributed by atoms with Gasteiger partial charge in [-0.1, -0.05) is 0 Å². The molecule has 2 aliphatic carbocycles. The summed E-state index contributed by atoms with van der Waals surface area (Å²) in [4.78, 5) is 0. The van der Waals surface area contributed by atoms with E-state index >= 15 is 0 Å². The molecule has 0 aromatic rings. The third-order valence-electron chi connectivity index (χ3n) is 3.49. The van der Waals surface area contributed by atoms with E-state index in [1.165, 1.54) is 23.1 Å². The van der Waals surface area contributed by atoms with Gasteiger partial charge >= 0.3 is 107 Å². The molecule has 0 aromatic carbocycles. The Hall–Kier alpha value is 0.293. The average molecular weight is 364 g/mol. The van der Waals surface area contributed by atoms with Crippen molar-refractivity contribution in [3.63, 3.8) is 0 Å². The molecule has 1 atom stereocenters. The van der Waals surface area contributed by atoms with Gasteiger partial charge in [0, 0.05) is 0 Å². The summed E-state index contributed by atoms with van der Waals surface area (Å²) in [7, 11) is 0. The van der Waals surface area contributed by atoms with E-state index in [9.17, 15) is 0 Å². The average Bonchev–Trinajstić information content (AvgIpc) is 2.68. The predicted molar refractivity (Wildman–Crippen MR) is 83.7 cm³/mol. The molecule has 0 amide bonds. The van der Waals surface area contributed by atoms with Crippen LogP contribution in [0.3, 0.4) is 0 Å². The molecule has 0 aliphatic heterocycles. The molecule has 0 spiro atoms. The summed E-state index contributed by atoms with van der Waals surface area (Å²) >= 11 is -1.73. The Bertz CT molecular complexity index is 479. The second-order valence-corrected chi connectivity index (χ2v) is 10.4. The van der Waals surface area contributed by atoms with E-state index in [4.69, 9.17) is 0 Å². The van der Waals surface area contributed by atoms with Crippen LogP contribution < -0.4 is 0 Å². The first-order valence-electron chi connectivity index (χ1n) is 5.95. The van der Waals surface area contributed by atoms with Crippen molar-refractivity contribution in [2.24, 2.45) is 5.92 Å². The molecule has 0 N–H and O–H groups in total. The van der Waals surface area contributed by atoms with Crippen LogP contribution in [0.2, 0.25) is 0 Å². The zero-order valence-corrected chi connectivity index (χ0v) is 15.6. The summed E-state index contributed by atoms with van der Waals surface area (Å²) in [6.07, 6.45) is 8.33. The molecule has 0 aromatic heterocycles. The molecule has 0 nitrogen and oxygen atoms in total. The van der Waals surface area contributed by atoms with Crippen molar-refractivity contribution in [2.75, 3.05) is 0 Å². The van der Waals surface area contributed by atoms with Gasteiger partial charge in [0.25, 0.3) is 0 Å². The summed E-state index contributed by atoms with van der Waals surface area (Å²) < 4.78 is 7.96. The second-order valence-electron chi connectivity index (χ2n) is 5.11. The fourth-order valence-corrected chi connectivity index (χ4v) is 8.67. The van der Waals surface area contributed by atoms with Crippen LogP contribution in [0.5, 0.6) is 0 Å². The van der Waals surface area contributed by atoms with E-state index in [-0.39, 0.29) is 24.8 Å². The molecule has 0 radical (unpaired) electrons. The third kappa shape index (κ3) is 3.65. The standard InChI is InChI=1S/2C7H9.CH2.2ClH.Zr/c2*1-6-3-4-7(2)5-6;;;;/h5H,3H2,1-2H3;3,5,7H,1-2H3;1H2;2*1H;. The Morgan fingerprint density at radius 3 is 2.17 bits per heavy atom. The van der Waals surface area contributed by atoms with Crippen molar-refractivity contribution < 1.29 is 21.3 Å². The van der Waals surface area contributed by atoms with Gasteiger partial charge in [0.15, 0.2) is 0 Å². The minimum atomic E-state index is -1.73. The van der Waals surface area contributed by atoms with Gasteiger partial charge in [-0.2, -0.15) is 0 Å². The zero-order valence-electron chi connectivity index (χ0n) is 11.5. The van der Waals surface area contributed by atoms with Crippen molar-refractivity contribution in [3.8, 4) is 0 Å². The maximum atomic E-state index is 4.58. The van der Waals surface area contributed by atoms with Crippen LogP contribution in [0.15, 0.2) is 41.5 Å². The second kappa shape index (κ2) is 7.18. The van der Waals surface area contributed by atoms with Gasteiger partial charge in [-0.05, 0) is 0 Å². The minimum absolute atomic E-state index is 0. The van der Waals surface area contributed by atoms with E-state index in [0.717, 1.165) is 0 Å².